The van der Waals surface area contributed by atoms with Crippen LogP contribution in [0.15, 0.2) is 18.2 Å². The Balaban J connectivity index is 0.000000140. The van der Waals surface area contributed by atoms with Gasteiger partial charge in [0.1, 0.15) is 0 Å². The van der Waals surface area contributed by atoms with Crippen LogP contribution in [-0.4, -0.2) is 30.9 Å². The molecule has 0 bridgehead atoms. The number of nitrogen functional groups attached to an aromatic ring is 1. The number of nitrogens with two attached hydrogens (primary N) is 1. The monoisotopic (exact) mass is 213 g/mol. The van der Waals surface area contributed by atoms with Crippen LogP contribution in [0.4, 0.5) is 5.69 Å². The van der Waals surface area contributed by atoms with Crippen LogP contribution >= 0.6 is 0 Å². The standard InChI is InChI=1S/C6H5N.C3H10O3Si/c7-6-3-4-1-2-5(4)6;1-4-7(5-2)6-3/h1-3H,7H2;7H,1-3H3. The number of hydrogen-bond donors (Lipinski definition) is 1. The highest BCUT2D eigenvalue weighted by molar-refractivity contribution is 6.36. The summed E-state index contributed by atoms with van der Waals surface area (Å²) in [6, 6.07) is 6.08. The molecule has 0 spiro atoms. The van der Waals surface area contributed by atoms with Gasteiger partial charge in [-0.25, -0.2) is 0 Å². The van der Waals surface area contributed by atoms with Crippen molar-refractivity contribution >= 4 is 15.2 Å². The molecule has 2 aliphatic rings. The number of rotatable bonds is 3. The zero-order valence-corrected chi connectivity index (χ0v) is 9.77. The van der Waals surface area contributed by atoms with E-state index in [2.05, 4.69) is 6.07 Å². The zero-order chi connectivity index (χ0) is 10.6. The van der Waals surface area contributed by atoms with Gasteiger partial charge in [0.2, 0.25) is 0 Å². The molecule has 2 rings (SSSR count). The van der Waals surface area contributed by atoms with Crippen molar-refractivity contribution in [3.05, 3.63) is 18.2 Å². The second-order valence-electron chi connectivity index (χ2n) is 2.80. The molecular weight excluding hydrogens is 198 g/mol. The van der Waals surface area contributed by atoms with Crippen LogP contribution < -0.4 is 5.73 Å². The van der Waals surface area contributed by atoms with E-state index < -0.39 is 9.53 Å². The summed E-state index contributed by atoms with van der Waals surface area (Å²) in [5.74, 6) is 0. The van der Waals surface area contributed by atoms with Gasteiger partial charge in [-0.3, -0.25) is 0 Å². The number of fused-ring (bicyclic) bond motifs is 1. The van der Waals surface area contributed by atoms with Crippen molar-refractivity contribution in [3.8, 4) is 11.1 Å². The minimum atomic E-state index is -1.67. The van der Waals surface area contributed by atoms with E-state index in [0.717, 1.165) is 5.69 Å². The first-order valence-electron chi connectivity index (χ1n) is 4.21. The van der Waals surface area contributed by atoms with Gasteiger partial charge >= 0.3 is 9.53 Å². The molecule has 78 valence electrons. The fraction of sp³-hybridized carbons (Fsp3) is 0.333. The van der Waals surface area contributed by atoms with Gasteiger partial charge in [0.15, 0.2) is 0 Å². The molecule has 4 nitrogen and oxygen atoms in total. The van der Waals surface area contributed by atoms with Gasteiger partial charge in [0.25, 0.3) is 0 Å². The normalized spacial score (nSPS) is 10.9. The first-order chi connectivity index (χ1) is 6.72. The van der Waals surface area contributed by atoms with Crippen LogP contribution in [0.5, 0.6) is 0 Å². The van der Waals surface area contributed by atoms with E-state index in [4.69, 9.17) is 19.0 Å². The maximum absolute atomic E-state index is 5.42. The predicted molar refractivity (Wildman–Crippen MR) is 58.0 cm³/mol. The summed E-state index contributed by atoms with van der Waals surface area (Å²) in [5, 5.41) is 0. The Morgan fingerprint density at radius 1 is 1.07 bits per heavy atom. The first-order valence-corrected chi connectivity index (χ1v) is 5.62. The SMILES string of the molecule is CO[SiH](OC)OC.Nc1cc2ccc1-2. The van der Waals surface area contributed by atoms with E-state index in [1.165, 1.54) is 11.1 Å². The maximum Gasteiger partial charge on any atom is 0.483 e. The third-order valence-corrected chi connectivity index (χ3v) is 3.09. The molecule has 0 aromatic heterocycles. The van der Waals surface area contributed by atoms with Crippen LogP contribution in [0.3, 0.4) is 0 Å². The summed E-state index contributed by atoms with van der Waals surface area (Å²) >= 11 is 0. The lowest BCUT2D eigenvalue weighted by molar-refractivity contribution is 0.163. The van der Waals surface area contributed by atoms with Crippen LogP contribution in [0.1, 0.15) is 0 Å². The molecule has 5 heteroatoms. The molecule has 0 aromatic rings. The van der Waals surface area contributed by atoms with Crippen molar-refractivity contribution in [1.82, 2.24) is 0 Å². The van der Waals surface area contributed by atoms with E-state index in [-0.39, 0.29) is 0 Å². The van der Waals surface area contributed by atoms with E-state index in [1.807, 2.05) is 12.1 Å². The van der Waals surface area contributed by atoms with Crippen molar-refractivity contribution in [2.24, 2.45) is 0 Å². The molecule has 2 N–H and O–H groups in total. The van der Waals surface area contributed by atoms with E-state index in [0.29, 0.717) is 0 Å². The van der Waals surface area contributed by atoms with Crippen molar-refractivity contribution in [2.75, 3.05) is 27.1 Å². The number of hydrogen-bond acceptors (Lipinski definition) is 4. The fourth-order valence-electron chi connectivity index (χ4n) is 1.11. The average molecular weight is 213 g/mol. The summed E-state index contributed by atoms with van der Waals surface area (Å²) in [6.45, 7) is 0. The lowest BCUT2D eigenvalue weighted by atomic mass is 9.91. The lowest BCUT2D eigenvalue weighted by Crippen LogP contribution is -2.21. The van der Waals surface area contributed by atoms with Gasteiger partial charge in [0, 0.05) is 32.6 Å². The Labute approximate surface area is 85.6 Å². The smallest absolute Gasteiger partial charge is 0.398 e. The molecule has 0 saturated heterocycles. The molecule has 2 aliphatic carbocycles. The Kier molecular flexibility index (Phi) is 4.09. The second-order valence-corrected chi connectivity index (χ2v) is 4.79. The molecule has 14 heavy (non-hydrogen) atoms. The maximum atomic E-state index is 5.42. The summed E-state index contributed by atoms with van der Waals surface area (Å²) in [4.78, 5) is 0. The quantitative estimate of drug-likeness (QED) is 0.608. The Morgan fingerprint density at radius 3 is 1.64 bits per heavy atom. The Bertz CT molecular complexity index is 297. The molecule has 0 atom stereocenters. The largest absolute Gasteiger partial charge is 0.483 e. The second kappa shape index (κ2) is 5.11. The highest BCUT2D eigenvalue weighted by Crippen LogP contribution is 2.38. The minimum Gasteiger partial charge on any atom is -0.398 e. The molecular formula is C9H15NO3Si. The summed E-state index contributed by atoms with van der Waals surface area (Å²) in [5.41, 5.74) is 8.92. The Morgan fingerprint density at radius 2 is 1.64 bits per heavy atom. The van der Waals surface area contributed by atoms with Gasteiger partial charge in [-0.2, -0.15) is 0 Å². The van der Waals surface area contributed by atoms with E-state index >= 15 is 0 Å². The van der Waals surface area contributed by atoms with Crippen LogP contribution in [0, 0.1) is 0 Å². The fourth-order valence-corrected chi connectivity index (χ4v) is 1.69. The van der Waals surface area contributed by atoms with Gasteiger partial charge in [-0.15, -0.1) is 0 Å². The first kappa shape index (κ1) is 11.2. The highest BCUT2D eigenvalue weighted by Gasteiger charge is 2.12. The number of benzene rings is 1. The van der Waals surface area contributed by atoms with Crippen molar-refractivity contribution in [2.45, 2.75) is 0 Å². The topological polar surface area (TPSA) is 53.7 Å². The molecule has 0 fully saturated rings. The minimum absolute atomic E-state index is 0.942. The van der Waals surface area contributed by atoms with Gasteiger partial charge < -0.3 is 19.0 Å². The summed E-state index contributed by atoms with van der Waals surface area (Å²) < 4.78 is 14.2. The average Bonchev–Trinajstić information content (AvgIpc) is 2.17. The summed E-state index contributed by atoms with van der Waals surface area (Å²) in [7, 11) is 3.05. The van der Waals surface area contributed by atoms with Crippen LogP contribution in [0.25, 0.3) is 11.1 Å². The molecule has 0 unspecified atom stereocenters. The van der Waals surface area contributed by atoms with Gasteiger partial charge in [-0.1, -0.05) is 12.1 Å². The van der Waals surface area contributed by atoms with E-state index in [9.17, 15) is 0 Å². The van der Waals surface area contributed by atoms with Crippen molar-refractivity contribution in [1.29, 1.82) is 0 Å². The molecule has 0 saturated carbocycles. The van der Waals surface area contributed by atoms with E-state index in [1.54, 1.807) is 21.3 Å². The molecule has 0 radical (unpaired) electrons. The molecule has 0 heterocycles. The number of anilines is 1. The summed E-state index contributed by atoms with van der Waals surface area (Å²) in [6.07, 6.45) is 0. The van der Waals surface area contributed by atoms with Gasteiger partial charge in [-0.05, 0) is 11.6 Å². The van der Waals surface area contributed by atoms with Crippen LogP contribution in [0.2, 0.25) is 0 Å². The van der Waals surface area contributed by atoms with Crippen LogP contribution in [-0.2, 0) is 13.3 Å². The van der Waals surface area contributed by atoms with Gasteiger partial charge in [0.05, 0.1) is 0 Å². The lowest BCUT2D eigenvalue weighted by Gasteiger charge is -2.16. The third kappa shape index (κ3) is 2.33. The Hall–Kier alpha value is -0.883. The zero-order valence-electron chi connectivity index (χ0n) is 8.61. The molecule has 0 amide bonds. The van der Waals surface area contributed by atoms with Crippen molar-refractivity contribution in [3.63, 3.8) is 0 Å². The molecule has 0 aromatic carbocycles. The highest BCUT2D eigenvalue weighted by atomic mass is 28.3. The van der Waals surface area contributed by atoms with Crippen molar-refractivity contribution < 1.29 is 13.3 Å². The third-order valence-electron chi connectivity index (χ3n) is 1.94. The predicted octanol–water partition coefficient (Wildman–Crippen LogP) is 0.892. The molecule has 0 aliphatic heterocycles.